The molecular formula is C65H107NO13. The van der Waals surface area contributed by atoms with Crippen LogP contribution in [0.5, 0.6) is 0 Å². The number of nitrogens with one attached hydrogen (secondary N) is 1. The van der Waals surface area contributed by atoms with Gasteiger partial charge in [0.05, 0.1) is 32.0 Å². The summed E-state index contributed by atoms with van der Waals surface area (Å²) in [6, 6.07) is -0.965. The summed E-state index contributed by atoms with van der Waals surface area (Å²) in [6.45, 7) is 2.62. The fourth-order valence-electron chi connectivity index (χ4n) is 9.03. The molecule has 79 heavy (non-hydrogen) atoms. The van der Waals surface area contributed by atoms with Gasteiger partial charge >= 0.3 is 0 Å². The van der Waals surface area contributed by atoms with E-state index < -0.39 is 86.8 Å². The highest BCUT2D eigenvalue weighted by Gasteiger charge is 2.51. The number of hydrogen-bond acceptors (Lipinski definition) is 13. The molecule has 0 aromatic rings. The predicted octanol–water partition coefficient (Wildman–Crippen LogP) is 10.6. The number of aliphatic hydroxyl groups is 8. The molecule has 0 aliphatic carbocycles. The van der Waals surface area contributed by atoms with Gasteiger partial charge in [-0.1, -0.05) is 206 Å². The van der Waals surface area contributed by atoms with Crippen molar-refractivity contribution in [2.24, 2.45) is 0 Å². The second kappa shape index (κ2) is 49.0. The molecule has 1 amide bonds. The van der Waals surface area contributed by atoms with Crippen LogP contribution in [-0.2, 0) is 23.7 Å². The van der Waals surface area contributed by atoms with E-state index in [-0.39, 0.29) is 18.9 Å². The lowest BCUT2D eigenvalue weighted by Gasteiger charge is -2.46. The van der Waals surface area contributed by atoms with Crippen molar-refractivity contribution < 1.29 is 64.6 Å². The lowest BCUT2D eigenvalue weighted by atomic mass is 9.97. The number of carbonyl (C=O) groups excluding carboxylic acids is 1. The van der Waals surface area contributed by atoms with Crippen molar-refractivity contribution in [2.45, 2.75) is 261 Å². The third-order valence-electron chi connectivity index (χ3n) is 13.9. The Hall–Kier alpha value is -3.61. The van der Waals surface area contributed by atoms with Crippen molar-refractivity contribution >= 4 is 5.91 Å². The van der Waals surface area contributed by atoms with Crippen molar-refractivity contribution in [3.63, 3.8) is 0 Å². The van der Waals surface area contributed by atoms with Crippen molar-refractivity contribution in [3.8, 4) is 0 Å². The molecule has 2 fully saturated rings. The summed E-state index contributed by atoms with van der Waals surface area (Å²) in [5, 5.41) is 87.1. The summed E-state index contributed by atoms with van der Waals surface area (Å²) >= 11 is 0. The minimum Gasteiger partial charge on any atom is -0.394 e. The third kappa shape index (κ3) is 34.4. The lowest BCUT2D eigenvalue weighted by Crippen LogP contribution is -2.65. The molecular weight excluding hydrogens is 1000 g/mol. The van der Waals surface area contributed by atoms with Crippen LogP contribution >= 0.6 is 0 Å². The van der Waals surface area contributed by atoms with Gasteiger partial charge < -0.3 is 65.1 Å². The first-order chi connectivity index (χ1) is 38.6. The molecule has 0 aromatic heterocycles. The van der Waals surface area contributed by atoms with Crippen LogP contribution in [0.4, 0.5) is 0 Å². The van der Waals surface area contributed by atoms with Crippen LogP contribution in [0.1, 0.15) is 187 Å². The van der Waals surface area contributed by atoms with Gasteiger partial charge in [0.25, 0.3) is 0 Å². The summed E-state index contributed by atoms with van der Waals surface area (Å²) in [5.74, 6) is -0.297. The van der Waals surface area contributed by atoms with Crippen LogP contribution < -0.4 is 5.32 Å². The van der Waals surface area contributed by atoms with Gasteiger partial charge in [-0.15, -0.1) is 0 Å². The summed E-state index contributed by atoms with van der Waals surface area (Å²) in [5.41, 5.74) is 0. The average Bonchev–Trinajstić information content (AvgIpc) is 3.46. The molecule has 14 nitrogen and oxygen atoms in total. The van der Waals surface area contributed by atoms with Gasteiger partial charge in [-0.25, -0.2) is 0 Å². The average molecular weight is 1110 g/mol. The molecule has 2 aliphatic rings. The molecule has 9 N–H and O–H groups in total. The summed E-state index contributed by atoms with van der Waals surface area (Å²) < 4.78 is 22.7. The zero-order valence-electron chi connectivity index (χ0n) is 48.3. The molecule has 0 saturated carbocycles. The van der Waals surface area contributed by atoms with Gasteiger partial charge in [-0.2, -0.15) is 0 Å². The van der Waals surface area contributed by atoms with Crippen LogP contribution in [-0.4, -0.2) is 140 Å². The SMILES string of the molecule is CC/C=C\C/C=C\C/C=C\C/C=C\C/C=C\C/C=C\C/C=C\C/C=C\CCCCC(=O)NC(COC1OC(CO)C(OC2OC(CO)C(O)C(O)C2O)C(O)C1O)C(O)/C=C/CC/C=C/CCCCCCCCCCCCCC. The molecule has 14 heteroatoms. The second-order valence-corrected chi connectivity index (χ2v) is 20.7. The maximum absolute atomic E-state index is 13.2. The van der Waals surface area contributed by atoms with Crippen LogP contribution in [0.3, 0.4) is 0 Å². The van der Waals surface area contributed by atoms with Crippen molar-refractivity contribution in [2.75, 3.05) is 19.8 Å². The predicted molar refractivity (Wildman–Crippen MR) is 318 cm³/mol. The molecule has 0 spiro atoms. The maximum atomic E-state index is 13.2. The van der Waals surface area contributed by atoms with E-state index in [1.54, 1.807) is 6.08 Å². The van der Waals surface area contributed by atoms with Gasteiger partial charge in [0.1, 0.15) is 48.8 Å². The normalized spacial score (nSPS) is 25.3. The second-order valence-electron chi connectivity index (χ2n) is 20.7. The zero-order chi connectivity index (χ0) is 57.4. The number of amides is 1. The molecule has 2 rings (SSSR count). The van der Waals surface area contributed by atoms with E-state index in [1.807, 2.05) is 6.08 Å². The van der Waals surface area contributed by atoms with Crippen LogP contribution in [0.15, 0.2) is 122 Å². The number of allylic oxidation sites excluding steroid dienone is 19. The number of hydrogen-bond donors (Lipinski definition) is 9. The number of carbonyl (C=O) groups is 1. The maximum Gasteiger partial charge on any atom is 0.220 e. The van der Waals surface area contributed by atoms with Gasteiger partial charge in [-0.05, 0) is 96.3 Å². The van der Waals surface area contributed by atoms with E-state index in [0.717, 1.165) is 77.0 Å². The number of aliphatic hydroxyl groups excluding tert-OH is 8. The largest absolute Gasteiger partial charge is 0.394 e. The quantitative estimate of drug-likeness (QED) is 0.0204. The Morgan fingerprint density at radius 1 is 0.468 bits per heavy atom. The number of ether oxygens (including phenoxy) is 4. The van der Waals surface area contributed by atoms with Gasteiger partial charge in [0, 0.05) is 6.42 Å². The molecule has 2 aliphatic heterocycles. The summed E-state index contributed by atoms with van der Waals surface area (Å²) in [4.78, 5) is 13.2. The van der Waals surface area contributed by atoms with E-state index >= 15 is 0 Å². The molecule has 2 saturated heterocycles. The van der Waals surface area contributed by atoms with E-state index in [2.05, 4.69) is 129 Å². The molecule has 0 bridgehead atoms. The Balaban J connectivity index is 1.80. The number of unbranched alkanes of at least 4 members (excludes halogenated alkanes) is 15. The number of rotatable bonds is 46. The Kier molecular flexibility index (Phi) is 44.4. The molecule has 12 unspecified atom stereocenters. The first-order valence-electron chi connectivity index (χ1n) is 30.3. The molecule has 0 aromatic carbocycles. The van der Waals surface area contributed by atoms with Gasteiger partial charge in [0.2, 0.25) is 5.91 Å². The Morgan fingerprint density at radius 3 is 1.39 bits per heavy atom. The van der Waals surface area contributed by atoms with Crippen molar-refractivity contribution in [1.82, 2.24) is 5.32 Å². The fourth-order valence-corrected chi connectivity index (χ4v) is 9.03. The molecule has 12 atom stereocenters. The summed E-state index contributed by atoms with van der Waals surface area (Å²) in [7, 11) is 0. The van der Waals surface area contributed by atoms with E-state index in [9.17, 15) is 45.6 Å². The monoisotopic (exact) mass is 1110 g/mol. The molecule has 450 valence electrons. The Bertz CT molecular complexity index is 1790. The Morgan fingerprint density at radius 2 is 0.886 bits per heavy atom. The van der Waals surface area contributed by atoms with Gasteiger partial charge in [0.15, 0.2) is 12.6 Å². The first kappa shape index (κ1) is 71.5. The van der Waals surface area contributed by atoms with Crippen molar-refractivity contribution in [1.29, 1.82) is 0 Å². The van der Waals surface area contributed by atoms with E-state index in [4.69, 9.17) is 18.9 Å². The smallest absolute Gasteiger partial charge is 0.220 e. The standard InChI is InChI=1S/C65H107NO13/c1-3-5-7-9-11-13-15-17-19-21-23-24-25-26-27-28-29-30-31-33-35-37-39-41-43-45-47-49-57(70)66-53(54(69)48-46-44-42-40-38-36-34-32-22-20-18-16-14-12-10-8-6-4-2)52-76-64-62(75)60(73)63(56(51-68)78-64)79-65-61(74)59(72)58(71)55(50-67)77-65/h5,7,11,13,17,19,23-24,26-27,29-30,33,35,38-41,46,48,53-56,58-65,67-69,71-75H,3-4,6,8-10,12,14-16,18,20-22,25,28,31-32,34,36-37,42-45,47,49-52H2,1-2H3,(H,66,70)/b7-5-,13-11-,19-17-,24-23-,27-26-,30-29-,35-33-,40-38+,41-39-,48-46+. The van der Waals surface area contributed by atoms with Crippen molar-refractivity contribution in [3.05, 3.63) is 122 Å². The summed E-state index contributed by atoms with van der Waals surface area (Å²) in [6.07, 6.45) is 53.8. The van der Waals surface area contributed by atoms with Crippen LogP contribution in [0.2, 0.25) is 0 Å². The third-order valence-corrected chi connectivity index (χ3v) is 13.9. The zero-order valence-corrected chi connectivity index (χ0v) is 48.3. The van der Waals surface area contributed by atoms with Crippen LogP contribution in [0, 0.1) is 0 Å². The first-order valence-corrected chi connectivity index (χ1v) is 30.3. The highest BCUT2D eigenvalue weighted by Crippen LogP contribution is 2.30. The van der Waals surface area contributed by atoms with E-state index in [0.29, 0.717) is 12.8 Å². The molecule has 0 radical (unpaired) electrons. The van der Waals surface area contributed by atoms with Gasteiger partial charge in [-0.3, -0.25) is 4.79 Å². The topological polar surface area (TPSA) is 228 Å². The van der Waals surface area contributed by atoms with Crippen LogP contribution in [0.25, 0.3) is 0 Å². The lowest BCUT2D eigenvalue weighted by molar-refractivity contribution is -0.359. The Labute approximate surface area is 476 Å². The highest BCUT2D eigenvalue weighted by atomic mass is 16.7. The minimum absolute atomic E-state index is 0.210. The minimum atomic E-state index is -1.80. The van der Waals surface area contributed by atoms with E-state index in [1.165, 1.54) is 77.0 Å². The molecule has 2 heterocycles. The fraction of sp³-hybridized carbons (Fsp3) is 0.677. The highest BCUT2D eigenvalue weighted by molar-refractivity contribution is 5.76.